The van der Waals surface area contributed by atoms with Gasteiger partial charge in [-0.25, -0.2) is 0 Å². The van der Waals surface area contributed by atoms with Gasteiger partial charge >= 0.3 is 0 Å². The fourth-order valence-electron chi connectivity index (χ4n) is 0. The first-order chi connectivity index (χ1) is 4.47. The molecule has 0 saturated heterocycles. The van der Waals surface area contributed by atoms with Crippen LogP contribution in [0.1, 0.15) is 13.8 Å². The minimum Gasteiger partial charge on any atom is -0.392 e. The summed E-state index contributed by atoms with van der Waals surface area (Å²) < 4.78 is 0. The molecule has 0 heterocycles. The van der Waals surface area contributed by atoms with Gasteiger partial charge in [0.25, 0.3) is 0 Å². The van der Waals surface area contributed by atoms with Gasteiger partial charge in [-0.15, -0.1) is 13.2 Å². The second-order valence-electron chi connectivity index (χ2n) is 2.33. The highest BCUT2D eigenvalue weighted by Crippen LogP contribution is 1.98. The van der Waals surface area contributed by atoms with Gasteiger partial charge in [0, 0.05) is 0 Å². The molecule has 2 heteroatoms. The monoisotopic (exact) mass is 144 g/mol. The van der Waals surface area contributed by atoms with Crippen LogP contribution in [0.2, 0.25) is 0 Å². The van der Waals surface area contributed by atoms with Crippen molar-refractivity contribution in [1.29, 1.82) is 0 Å². The van der Waals surface area contributed by atoms with E-state index in [9.17, 15) is 0 Å². The molecule has 0 aromatic heterocycles. The summed E-state index contributed by atoms with van der Waals surface area (Å²) in [4.78, 5) is 0. The normalized spacial score (nSPS) is 9.20. The summed E-state index contributed by atoms with van der Waals surface area (Å²) in [6.45, 7) is 10.1. The lowest BCUT2D eigenvalue weighted by Gasteiger charge is -2.07. The van der Waals surface area contributed by atoms with E-state index >= 15 is 0 Å². The Hall–Kier alpha value is -0.600. The smallest absolute Gasteiger partial charge is 0.0769 e. The molecule has 2 N–H and O–H groups in total. The van der Waals surface area contributed by atoms with E-state index in [0.29, 0.717) is 0 Å². The summed E-state index contributed by atoms with van der Waals surface area (Å²) in [5.74, 6) is 0. The minimum atomic E-state index is -0.694. The second-order valence-corrected chi connectivity index (χ2v) is 2.33. The van der Waals surface area contributed by atoms with E-state index < -0.39 is 5.60 Å². The Morgan fingerprint density at radius 3 is 1.60 bits per heavy atom. The lowest BCUT2D eigenvalue weighted by molar-refractivity contribution is 0.133. The maximum atomic E-state index is 8.71. The van der Waals surface area contributed by atoms with Gasteiger partial charge in [0.2, 0.25) is 0 Å². The van der Waals surface area contributed by atoms with Gasteiger partial charge in [0.1, 0.15) is 0 Å². The zero-order chi connectivity index (χ0) is 8.62. The Bertz CT molecular complexity index is 89.9. The summed E-state index contributed by atoms with van der Waals surface area (Å²) in [6, 6.07) is 0. The maximum Gasteiger partial charge on any atom is 0.0769 e. The quantitative estimate of drug-likeness (QED) is 0.570. The van der Waals surface area contributed by atoms with E-state index in [1.165, 1.54) is 12.2 Å². The summed E-state index contributed by atoms with van der Waals surface area (Å²) in [6.07, 6.45) is 2.92. The molecule has 0 aliphatic rings. The highest BCUT2D eigenvalue weighted by atomic mass is 16.3. The van der Waals surface area contributed by atoms with Gasteiger partial charge < -0.3 is 10.2 Å². The predicted octanol–water partition coefficient (Wildman–Crippen LogP) is 1.11. The van der Waals surface area contributed by atoms with Crippen molar-refractivity contribution in [2.75, 3.05) is 6.61 Å². The Morgan fingerprint density at radius 2 is 1.60 bits per heavy atom. The van der Waals surface area contributed by atoms with Crippen molar-refractivity contribution in [3.05, 3.63) is 25.3 Å². The topological polar surface area (TPSA) is 40.5 Å². The van der Waals surface area contributed by atoms with Gasteiger partial charge in [0.05, 0.1) is 12.2 Å². The van der Waals surface area contributed by atoms with Crippen molar-refractivity contribution in [2.24, 2.45) is 0 Å². The van der Waals surface area contributed by atoms with Gasteiger partial charge in [-0.2, -0.15) is 0 Å². The largest absolute Gasteiger partial charge is 0.392 e. The number of hydrogen-bond donors (Lipinski definition) is 2. The SMILES string of the molecule is C=CC(C)(C)O.C=CCO. The molecule has 0 aliphatic carbocycles. The Morgan fingerprint density at radius 1 is 1.40 bits per heavy atom. The Kier molecular flexibility index (Phi) is 7.90. The molecule has 0 rings (SSSR count). The summed E-state index contributed by atoms with van der Waals surface area (Å²) in [5, 5.41) is 16.5. The molecule has 60 valence electrons. The van der Waals surface area contributed by atoms with E-state index in [-0.39, 0.29) is 6.61 Å². The average molecular weight is 144 g/mol. The van der Waals surface area contributed by atoms with Crippen LogP contribution in [0.5, 0.6) is 0 Å². The van der Waals surface area contributed by atoms with Crippen molar-refractivity contribution in [3.63, 3.8) is 0 Å². The molecular weight excluding hydrogens is 128 g/mol. The summed E-state index contributed by atoms with van der Waals surface area (Å²) >= 11 is 0. The molecule has 0 aromatic carbocycles. The van der Waals surface area contributed by atoms with E-state index in [1.54, 1.807) is 13.8 Å². The van der Waals surface area contributed by atoms with E-state index in [2.05, 4.69) is 13.2 Å². The molecule has 0 radical (unpaired) electrons. The standard InChI is InChI=1S/C5H10O.C3H6O/c1-4-5(2,3)6;1-2-3-4/h4,6H,1H2,2-3H3;2,4H,1,3H2. The van der Waals surface area contributed by atoms with Gasteiger partial charge in [-0.1, -0.05) is 12.2 Å². The zero-order valence-electron chi connectivity index (χ0n) is 6.67. The van der Waals surface area contributed by atoms with Crippen LogP contribution in [-0.4, -0.2) is 22.4 Å². The Balaban J connectivity index is 0. The first-order valence-corrected chi connectivity index (χ1v) is 3.05. The molecule has 2 nitrogen and oxygen atoms in total. The maximum absolute atomic E-state index is 8.71. The summed E-state index contributed by atoms with van der Waals surface area (Å²) in [5.41, 5.74) is -0.694. The van der Waals surface area contributed by atoms with Crippen LogP contribution < -0.4 is 0 Å². The van der Waals surface area contributed by atoms with Crippen LogP contribution in [0.3, 0.4) is 0 Å². The minimum absolute atomic E-state index is 0.0833. The molecule has 0 fully saturated rings. The van der Waals surface area contributed by atoms with Crippen molar-refractivity contribution >= 4 is 0 Å². The molecule has 0 bridgehead atoms. The van der Waals surface area contributed by atoms with Crippen molar-refractivity contribution in [2.45, 2.75) is 19.4 Å². The van der Waals surface area contributed by atoms with Crippen LogP contribution in [0.25, 0.3) is 0 Å². The van der Waals surface area contributed by atoms with Crippen LogP contribution >= 0.6 is 0 Å². The average Bonchev–Trinajstić information content (AvgIpc) is 1.87. The van der Waals surface area contributed by atoms with Gasteiger partial charge in [-0.3, -0.25) is 0 Å². The van der Waals surface area contributed by atoms with Crippen molar-refractivity contribution in [3.8, 4) is 0 Å². The second kappa shape index (κ2) is 6.52. The number of hydrogen-bond acceptors (Lipinski definition) is 2. The first-order valence-electron chi connectivity index (χ1n) is 3.05. The molecule has 0 spiro atoms. The number of aliphatic hydroxyl groups excluding tert-OH is 1. The number of aliphatic hydroxyl groups is 2. The van der Waals surface area contributed by atoms with Gasteiger partial charge in [-0.05, 0) is 13.8 Å². The molecular formula is C8H16O2. The summed E-state index contributed by atoms with van der Waals surface area (Å²) in [7, 11) is 0. The van der Waals surface area contributed by atoms with Crippen molar-refractivity contribution < 1.29 is 10.2 Å². The highest BCUT2D eigenvalue weighted by Gasteiger charge is 2.02. The first kappa shape index (κ1) is 12.1. The molecule has 10 heavy (non-hydrogen) atoms. The van der Waals surface area contributed by atoms with Crippen molar-refractivity contribution in [1.82, 2.24) is 0 Å². The fraction of sp³-hybridized carbons (Fsp3) is 0.500. The Labute approximate surface area is 62.5 Å². The van der Waals surface area contributed by atoms with Gasteiger partial charge in [0.15, 0.2) is 0 Å². The molecule has 0 aromatic rings. The van der Waals surface area contributed by atoms with Crippen LogP contribution in [0.15, 0.2) is 25.3 Å². The third-order valence-corrected chi connectivity index (χ3v) is 0.629. The molecule has 0 saturated carbocycles. The van der Waals surface area contributed by atoms with E-state index in [1.807, 2.05) is 0 Å². The number of rotatable bonds is 2. The lowest BCUT2D eigenvalue weighted by atomic mass is 10.1. The molecule has 0 atom stereocenters. The van der Waals surface area contributed by atoms with E-state index in [4.69, 9.17) is 10.2 Å². The predicted molar refractivity (Wildman–Crippen MR) is 43.8 cm³/mol. The highest BCUT2D eigenvalue weighted by molar-refractivity contribution is 4.86. The van der Waals surface area contributed by atoms with Crippen LogP contribution in [-0.2, 0) is 0 Å². The zero-order valence-corrected chi connectivity index (χ0v) is 6.67. The molecule has 0 aliphatic heterocycles. The third-order valence-electron chi connectivity index (χ3n) is 0.629. The third kappa shape index (κ3) is 26.2. The van der Waals surface area contributed by atoms with Crippen LogP contribution in [0, 0.1) is 0 Å². The lowest BCUT2D eigenvalue weighted by Crippen LogP contribution is -2.12. The fourth-order valence-corrected chi connectivity index (χ4v) is 0. The molecule has 0 amide bonds. The van der Waals surface area contributed by atoms with Crippen LogP contribution in [0.4, 0.5) is 0 Å². The molecule has 0 unspecified atom stereocenters. The van der Waals surface area contributed by atoms with E-state index in [0.717, 1.165) is 0 Å².